The van der Waals surface area contributed by atoms with E-state index in [2.05, 4.69) is 15.6 Å². The Kier molecular flexibility index (Phi) is 5.21. The average Bonchev–Trinajstić information content (AvgIpc) is 3.39. The summed E-state index contributed by atoms with van der Waals surface area (Å²) < 4.78 is 23.6. The highest BCUT2D eigenvalue weighted by Crippen LogP contribution is 2.55. The molecular weight excluding hydrogens is 440 g/mol. The van der Waals surface area contributed by atoms with Crippen molar-refractivity contribution >= 4 is 21.7 Å². The number of aromatic nitrogens is 2. The normalized spacial score (nSPS) is 39.1. The molecule has 1 aromatic rings. The Balaban J connectivity index is 1.22. The predicted octanol–water partition coefficient (Wildman–Crippen LogP) is 2.40. The topological polar surface area (TPSA) is 121 Å². The van der Waals surface area contributed by atoms with Crippen molar-refractivity contribution in [1.82, 2.24) is 15.3 Å². The maximum atomic E-state index is 13.5. The average molecular weight is 475 g/mol. The van der Waals surface area contributed by atoms with Crippen molar-refractivity contribution in [3.63, 3.8) is 0 Å². The summed E-state index contributed by atoms with van der Waals surface area (Å²) >= 11 is 0. The first kappa shape index (κ1) is 21.8. The zero-order valence-electron chi connectivity index (χ0n) is 19.0. The molecule has 3 unspecified atom stereocenters. The number of rotatable bonds is 5. The first-order valence-corrected chi connectivity index (χ1v) is 14.5. The van der Waals surface area contributed by atoms with E-state index in [1.807, 2.05) is 0 Å². The number of carbonyl (C=O) groups excluding carboxylic acids is 1. The minimum absolute atomic E-state index is 0.101. The fraction of sp³-hybridized carbons (Fsp3) is 0.792. The SMILES string of the molecule is O=C(N[C@H]1C2CC3CC1C[C@@](O)(C3)C2)c1cnc(NC2CCS(=O)(=O)C2)nc1C1CCCC1. The molecular formula is C24H34N4O4S. The number of aliphatic hydroxyl groups is 1. The summed E-state index contributed by atoms with van der Waals surface area (Å²) in [6.45, 7) is 0. The molecule has 1 amide bonds. The Morgan fingerprint density at radius 2 is 1.82 bits per heavy atom. The van der Waals surface area contributed by atoms with Crippen molar-refractivity contribution in [1.29, 1.82) is 0 Å². The Morgan fingerprint density at radius 1 is 1.09 bits per heavy atom. The second-order valence-corrected chi connectivity index (χ2v) is 13.6. The second kappa shape index (κ2) is 7.90. The molecule has 1 aromatic heterocycles. The quantitative estimate of drug-likeness (QED) is 0.599. The number of anilines is 1. The lowest BCUT2D eigenvalue weighted by Gasteiger charge is -2.58. The van der Waals surface area contributed by atoms with Crippen molar-refractivity contribution in [2.75, 3.05) is 16.8 Å². The van der Waals surface area contributed by atoms with Gasteiger partial charge in [0.05, 0.1) is 28.4 Å². The van der Waals surface area contributed by atoms with E-state index in [0.29, 0.717) is 35.7 Å². The van der Waals surface area contributed by atoms with Crippen LogP contribution in [0.3, 0.4) is 0 Å². The Morgan fingerprint density at radius 3 is 2.45 bits per heavy atom. The summed E-state index contributed by atoms with van der Waals surface area (Å²) in [7, 11) is -2.99. The molecule has 6 fully saturated rings. The smallest absolute Gasteiger partial charge is 0.254 e. The van der Waals surface area contributed by atoms with E-state index < -0.39 is 15.4 Å². The largest absolute Gasteiger partial charge is 0.390 e. The lowest BCUT2D eigenvalue weighted by atomic mass is 9.52. The minimum Gasteiger partial charge on any atom is -0.390 e. The van der Waals surface area contributed by atoms with Gasteiger partial charge in [0.15, 0.2) is 9.84 Å². The Hall–Kier alpha value is -1.74. The Labute approximate surface area is 195 Å². The van der Waals surface area contributed by atoms with Gasteiger partial charge in [-0.2, -0.15) is 0 Å². The molecule has 33 heavy (non-hydrogen) atoms. The second-order valence-electron chi connectivity index (χ2n) is 11.4. The lowest BCUT2D eigenvalue weighted by Crippen LogP contribution is -2.61. The standard InChI is InChI=1S/C24H34N4O4S/c29-22(27-20-16-7-14-8-17(20)11-24(30,9-14)10-16)19-12-25-23(26-18-5-6-33(31,32)13-18)28-21(19)15-3-1-2-4-15/h12,14-18,20,30H,1-11,13H2,(H,27,29)(H,25,26,28)/t14?,16?,17?,18?,20-,24+. The maximum Gasteiger partial charge on any atom is 0.254 e. The van der Waals surface area contributed by atoms with Crippen LogP contribution in [0.1, 0.15) is 86.2 Å². The lowest BCUT2D eigenvalue weighted by molar-refractivity contribution is -0.136. The maximum absolute atomic E-state index is 13.5. The third-order valence-corrected chi connectivity index (χ3v) is 10.7. The molecule has 1 aliphatic heterocycles. The number of sulfone groups is 1. The number of hydrogen-bond donors (Lipinski definition) is 3. The van der Waals surface area contributed by atoms with E-state index in [-0.39, 0.29) is 35.4 Å². The Bertz CT molecular complexity index is 1040. The summed E-state index contributed by atoms with van der Waals surface area (Å²) in [5.41, 5.74) is 0.835. The molecule has 8 nitrogen and oxygen atoms in total. The highest BCUT2D eigenvalue weighted by molar-refractivity contribution is 7.91. The van der Waals surface area contributed by atoms with Crippen LogP contribution in [0.25, 0.3) is 0 Å². The zero-order valence-corrected chi connectivity index (χ0v) is 19.8. The molecule has 1 saturated heterocycles. The van der Waals surface area contributed by atoms with Crippen LogP contribution in [0.15, 0.2) is 6.20 Å². The number of nitrogens with one attached hydrogen (secondary N) is 2. The molecule has 0 aromatic carbocycles. The highest BCUT2D eigenvalue weighted by atomic mass is 32.2. The van der Waals surface area contributed by atoms with Crippen molar-refractivity contribution in [2.24, 2.45) is 17.8 Å². The van der Waals surface area contributed by atoms with Gasteiger partial charge in [-0.25, -0.2) is 18.4 Å². The van der Waals surface area contributed by atoms with Crippen LogP contribution >= 0.6 is 0 Å². The molecule has 5 aliphatic carbocycles. The predicted molar refractivity (Wildman–Crippen MR) is 124 cm³/mol. The van der Waals surface area contributed by atoms with Crippen molar-refractivity contribution in [3.8, 4) is 0 Å². The fourth-order valence-corrected chi connectivity index (χ4v) is 9.36. The third kappa shape index (κ3) is 4.16. The van der Waals surface area contributed by atoms with E-state index in [1.165, 1.54) is 0 Å². The number of carbonyl (C=O) groups is 1. The van der Waals surface area contributed by atoms with E-state index in [1.54, 1.807) is 6.20 Å². The van der Waals surface area contributed by atoms with Crippen molar-refractivity contribution in [3.05, 3.63) is 17.5 Å². The summed E-state index contributed by atoms with van der Waals surface area (Å²) in [6.07, 6.45) is 11.2. The van der Waals surface area contributed by atoms with Crippen LogP contribution in [0.5, 0.6) is 0 Å². The highest BCUT2D eigenvalue weighted by Gasteiger charge is 2.55. The van der Waals surface area contributed by atoms with Gasteiger partial charge in [0.1, 0.15) is 0 Å². The molecule has 5 saturated carbocycles. The summed E-state index contributed by atoms with van der Waals surface area (Å²) in [4.78, 5) is 22.7. The molecule has 0 spiro atoms. The van der Waals surface area contributed by atoms with E-state index >= 15 is 0 Å². The third-order valence-electron chi connectivity index (χ3n) is 8.91. The van der Waals surface area contributed by atoms with Crippen LogP contribution in [0, 0.1) is 17.8 Å². The van der Waals surface area contributed by atoms with Crippen LogP contribution in [0.2, 0.25) is 0 Å². The number of hydrogen-bond acceptors (Lipinski definition) is 7. The molecule has 9 heteroatoms. The molecule has 180 valence electrons. The minimum atomic E-state index is -2.99. The van der Waals surface area contributed by atoms with Gasteiger partial charge >= 0.3 is 0 Å². The van der Waals surface area contributed by atoms with Crippen LogP contribution in [0.4, 0.5) is 5.95 Å². The number of amides is 1. The summed E-state index contributed by atoms with van der Waals surface area (Å²) in [5, 5.41) is 17.4. The monoisotopic (exact) mass is 474 g/mol. The first-order valence-electron chi connectivity index (χ1n) is 12.6. The van der Waals surface area contributed by atoms with E-state index in [0.717, 1.165) is 63.5 Å². The van der Waals surface area contributed by atoms with Crippen LogP contribution in [-0.2, 0) is 9.84 Å². The van der Waals surface area contributed by atoms with Gasteiger partial charge in [0, 0.05) is 24.2 Å². The molecule has 6 aliphatic rings. The summed E-state index contributed by atoms with van der Waals surface area (Å²) in [5.74, 6) is 2.17. The van der Waals surface area contributed by atoms with Crippen LogP contribution < -0.4 is 10.6 Å². The molecule has 2 heterocycles. The molecule has 3 N–H and O–H groups in total. The van der Waals surface area contributed by atoms with Gasteiger partial charge < -0.3 is 15.7 Å². The molecule has 0 radical (unpaired) electrons. The van der Waals surface area contributed by atoms with Gasteiger partial charge in [-0.15, -0.1) is 0 Å². The molecule has 3 atom stereocenters. The van der Waals surface area contributed by atoms with Gasteiger partial charge in [0.2, 0.25) is 5.95 Å². The zero-order chi connectivity index (χ0) is 22.8. The van der Waals surface area contributed by atoms with Gasteiger partial charge in [-0.1, -0.05) is 12.8 Å². The number of nitrogens with zero attached hydrogens (tertiary/aromatic N) is 2. The molecule has 7 rings (SSSR count). The molecule has 4 bridgehead atoms. The van der Waals surface area contributed by atoms with Crippen molar-refractivity contribution in [2.45, 2.75) is 87.8 Å². The fourth-order valence-electron chi connectivity index (χ4n) is 7.69. The van der Waals surface area contributed by atoms with Crippen molar-refractivity contribution < 1.29 is 18.3 Å². The van der Waals surface area contributed by atoms with Gasteiger partial charge in [-0.05, 0) is 69.1 Å². The van der Waals surface area contributed by atoms with E-state index in [4.69, 9.17) is 4.98 Å². The van der Waals surface area contributed by atoms with Gasteiger partial charge in [-0.3, -0.25) is 4.79 Å². The summed E-state index contributed by atoms with van der Waals surface area (Å²) in [6, 6.07) is -0.0581. The van der Waals surface area contributed by atoms with Gasteiger partial charge in [0.25, 0.3) is 5.91 Å². The van der Waals surface area contributed by atoms with Crippen LogP contribution in [-0.4, -0.2) is 58.6 Å². The van der Waals surface area contributed by atoms with E-state index in [9.17, 15) is 18.3 Å². The first-order chi connectivity index (χ1) is 15.8.